The van der Waals surface area contributed by atoms with Crippen LogP contribution in [0, 0.1) is 0 Å². The third-order valence-corrected chi connectivity index (χ3v) is 3.34. The molecule has 1 amide bonds. The molecule has 1 N–H and O–H groups in total. The van der Waals surface area contributed by atoms with Crippen LogP contribution in [0.5, 0.6) is 0 Å². The summed E-state index contributed by atoms with van der Waals surface area (Å²) in [5.74, 6) is -0.332. The van der Waals surface area contributed by atoms with Crippen molar-refractivity contribution < 1.29 is 9.59 Å². The quantitative estimate of drug-likeness (QED) is 0.750. The lowest BCUT2D eigenvalue weighted by atomic mass is 10.0. The van der Waals surface area contributed by atoms with E-state index in [2.05, 4.69) is 10.3 Å². The Bertz CT molecular complexity index is 813. The minimum Gasteiger partial charge on any atom is -0.321 e. The van der Waals surface area contributed by atoms with E-state index in [9.17, 15) is 9.59 Å². The van der Waals surface area contributed by atoms with Gasteiger partial charge in [0.05, 0.1) is 0 Å². The van der Waals surface area contributed by atoms with Gasteiger partial charge in [-0.15, -0.1) is 0 Å². The number of hydrogen-bond donors (Lipinski definition) is 1. The molecule has 0 saturated carbocycles. The van der Waals surface area contributed by atoms with Crippen LogP contribution in [0.2, 0.25) is 0 Å². The van der Waals surface area contributed by atoms with Gasteiger partial charge < -0.3 is 5.32 Å². The van der Waals surface area contributed by atoms with Gasteiger partial charge >= 0.3 is 0 Å². The van der Waals surface area contributed by atoms with Gasteiger partial charge in [-0.3, -0.25) is 14.6 Å². The molecule has 4 heteroatoms. The van der Waals surface area contributed by atoms with Gasteiger partial charge in [0.15, 0.2) is 5.78 Å². The number of aromatic nitrogens is 1. The number of pyridine rings is 1. The van der Waals surface area contributed by atoms with Crippen molar-refractivity contribution in [1.82, 2.24) is 4.98 Å². The molecule has 0 fully saturated rings. The number of hydrogen-bond acceptors (Lipinski definition) is 3. The minimum atomic E-state index is -0.285. The molecule has 3 aromatic rings. The van der Waals surface area contributed by atoms with E-state index in [-0.39, 0.29) is 11.7 Å². The van der Waals surface area contributed by atoms with Crippen LogP contribution < -0.4 is 5.32 Å². The fourth-order valence-corrected chi connectivity index (χ4v) is 2.15. The summed E-state index contributed by atoms with van der Waals surface area (Å²) in [5, 5.41) is 2.75. The summed E-state index contributed by atoms with van der Waals surface area (Å²) in [6, 6.07) is 21.0. The normalized spacial score (nSPS) is 10.1. The predicted octanol–water partition coefficient (Wildman–Crippen LogP) is 3.56. The Morgan fingerprint density at radius 1 is 0.739 bits per heavy atom. The Morgan fingerprint density at radius 3 is 2.04 bits per heavy atom. The lowest BCUT2D eigenvalue weighted by molar-refractivity contribution is 0.102. The van der Waals surface area contributed by atoms with E-state index in [1.807, 2.05) is 18.2 Å². The maximum atomic E-state index is 12.3. The minimum absolute atomic E-state index is 0.0480. The number of nitrogens with zero attached hydrogens (tertiary/aromatic N) is 1. The molecule has 0 bridgehead atoms. The number of ketones is 1. The second kappa shape index (κ2) is 6.66. The standard InChI is InChI=1S/C19H14N2O2/c22-18(14-6-2-1-3-7-14)15-9-11-16(12-10-15)21-19(23)17-8-4-5-13-20-17/h1-13H,(H,21,23). The number of amides is 1. The van der Waals surface area contributed by atoms with Crippen molar-refractivity contribution in [3.8, 4) is 0 Å². The van der Waals surface area contributed by atoms with Gasteiger partial charge in [-0.25, -0.2) is 0 Å². The van der Waals surface area contributed by atoms with Gasteiger partial charge in [0.2, 0.25) is 0 Å². The highest BCUT2D eigenvalue weighted by Crippen LogP contribution is 2.14. The van der Waals surface area contributed by atoms with Gasteiger partial charge in [0.25, 0.3) is 5.91 Å². The zero-order chi connectivity index (χ0) is 16.1. The fraction of sp³-hybridized carbons (Fsp3) is 0. The lowest BCUT2D eigenvalue weighted by Crippen LogP contribution is -2.13. The Kier molecular flexibility index (Phi) is 4.25. The summed E-state index contributed by atoms with van der Waals surface area (Å²) in [5.41, 5.74) is 2.17. The first-order valence-corrected chi connectivity index (χ1v) is 7.16. The Balaban J connectivity index is 1.73. The van der Waals surface area contributed by atoms with Crippen molar-refractivity contribution in [2.24, 2.45) is 0 Å². The number of carbonyl (C=O) groups is 2. The molecular weight excluding hydrogens is 288 g/mol. The first-order valence-electron chi connectivity index (χ1n) is 7.16. The summed E-state index contributed by atoms with van der Waals surface area (Å²) < 4.78 is 0. The van der Waals surface area contributed by atoms with E-state index in [0.29, 0.717) is 22.5 Å². The Morgan fingerprint density at radius 2 is 1.39 bits per heavy atom. The topological polar surface area (TPSA) is 59.1 Å². The molecule has 0 aliphatic heterocycles. The van der Waals surface area contributed by atoms with Crippen LogP contribution >= 0.6 is 0 Å². The number of rotatable bonds is 4. The van der Waals surface area contributed by atoms with Crippen LogP contribution in [-0.4, -0.2) is 16.7 Å². The zero-order valence-electron chi connectivity index (χ0n) is 12.3. The van der Waals surface area contributed by atoms with Gasteiger partial charge in [-0.05, 0) is 36.4 Å². The maximum Gasteiger partial charge on any atom is 0.274 e. The highest BCUT2D eigenvalue weighted by Gasteiger charge is 2.10. The second-order valence-corrected chi connectivity index (χ2v) is 4.94. The van der Waals surface area contributed by atoms with E-state index < -0.39 is 0 Å². The van der Waals surface area contributed by atoms with Crippen molar-refractivity contribution >= 4 is 17.4 Å². The van der Waals surface area contributed by atoms with Crippen LogP contribution in [0.1, 0.15) is 26.4 Å². The summed E-state index contributed by atoms with van der Waals surface area (Å²) in [7, 11) is 0. The molecule has 0 unspecified atom stereocenters. The SMILES string of the molecule is O=C(c1ccccc1)c1ccc(NC(=O)c2ccccn2)cc1. The summed E-state index contributed by atoms with van der Waals surface area (Å²) in [6.45, 7) is 0. The number of carbonyl (C=O) groups excluding carboxylic acids is 2. The molecule has 0 saturated heterocycles. The highest BCUT2D eigenvalue weighted by atomic mass is 16.2. The molecule has 0 aliphatic rings. The van der Waals surface area contributed by atoms with Crippen molar-refractivity contribution in [2.75, 3.05) is 5.32 Å². The first kappa shape index (κ1) is 14.7. The summed E-state index contributed by atoms with van der Waals surface area (Å²) in [6.07, 6.45) is 1.57. The third kappa shape index (κ3) is 3.49. The molecule has 3 rings (SSSR count). The van der Waals surface area contributed by atoms with E-state index in [1.165, 1.54) is 0 Å². The number of nitrogens with one attached hydrogen (secondary N) is 1. The monoisotopic (exact) mass is 302 g/mol. The van der Waals surface area contributed by atoms with E-state index in [0.717, 1.165) is 0 Å². The molecule has 112 valence electrons. The van der Waals surface area contributed by atoms with Gasteiger partial charge in [-0.1, -0.05) is 36.4 Å². The van der Waals surface area contributed by atoms with Crippen LogP contribution in [0.4, 0.5) is 5.69 Å². The smallest absolute Gasteiger partial charge is 0.274 e. The molecule has 23 heavy (non-hydrogen) atoms. The summed E-state index contributed by atoms with van der Waals surface area (Å²) >= 11 is 0. The van der Waals surface area contributed by atoms with Gasteiger partial charge in [0.1, 0.15) is 5.69 Å². The highest BCUT2D eigenvalue weighted by molar-refractivity contribution is 6.09. The van der Waals surface area contributed by atoms with Crippen molar-refractivity contribution in [3.05, 3.63) is 95.8 Å². The van der Waals surface area contributed by atoms with E-state index >= 15 is 0 Å². The molecule has 1 heterocycles. The Hall–Kier alpha value is -3.27. The van der Waals surface area contributed by atoms with Gasteiger partial charge in [0, 0.05) is 23.0 Å². The van der Waals surface area contributed by atoms with Crippen molar-refractivity contribution in [1.29, 1.82) is 0 Å². The van der Waals surface area contributed by atoms with Crippen LogP contribution in [0.3, 0.4) is 0 Å². The average Bonchev–Trinajstić information content (AvgIpc) is 2.63. The van der Waals surface area contributed by atoms with Crippen molar-refractivity contribution in [2.45, 2.75) is 0 Å². The van der Waals surface area contributed by atoms with E-state index in [4.69, 9.17) is 0 Å². The second-order valence-electron chi connectivity index (χ2n) is 4.94. The van der Waals surface area contributed by atoms with Gasteiger partial charge in [-0.2, -0.15) is 0 Å². The fourth-order valence-electron chi connectivity index (χ4n) is 2.15. The van der Waals surface area contributed by atoms with E-state index in [1.54, 1.807) is 60.8 Å². The zero-order valence-corrected chi connectivity index (χ0v) is 12.3. The molecule has 0 radical (unpaired) electrons. The lowest BCUT2D eigenvalue weighted by Gasteiger charge is -2.06. The predicted molar refractivity (Wildman–Crippen MR) is 88.5 cm³/mol. The van der Waals surface area contributed by atoms with Crippen molar-refractivity contribution in [3.63, 3.8) is 0 Å². The molecular formula is C19H14N2O2. The molecule has 0 atom stereocenters. The molecule has 4 nitrogen and oxygen atoms in total. The molecule has 0 aliphatic carbocycles. The van der Waals surface area contributed by atoms with Crippen LogP contribution in [0.15, 0.2) is 79.0 Å². The van der Waals surface area contributed by atoms with Crippen LogP contribution in [0.25, 0.3) is 0 Å². The number of anilines is 1. The van der Waals surface area contributed by atoms with Crippen LogP contribution in [-0.2, 0) is 0 Å². The first-order chi connectivity index (χ1) is 11.2. The summed E-state index contributed by atoms with van der Waals surface area (Å²) in [4.78, 5) is 28.3. The molecule has 2 aromatic carbocycles. The number of benzene rings is 2. The maximum absolute atomic E-state index is 12.3. The molecule has 0 spiro atoms. The Labute approximate surface area is 133 Å². The third-order valence-electron chi connectivity index (χ3n) is 3.34. The average molecular weight is 302 g/mol. The molecule has 1 aromatic heterocycles. The largest absolute Gasteiger partial charge is 0.321 e.